The maximum absolute atomic E-state index is 12.6. The number of aromatic nitrogens is 1. The van der Waals surface area contributed by atoms with E-state index in [0.717, 1.165) is 24.4 Å². The van der Waals surface area contributed by atoms with Gasteiger partial charge in [-0.3, -0.25) is 9.59 Å². The van der Waals surface area contributed by atoms with E-state index in [0.29, 0.717) is 18.0 Å². The van der Waals surface area contributed by atoms with Crippen LogP contribution >= 0.6 is 11.3 Å². The van der Waals surface area contributed by atoms with Gasteiger partial charge in [0.1, 0.15) is 4.88 Å². The summed E-state index contributed by atoms with van der Waals surface area (Å²) in [5.41, 5.74) is -0.0470. The zero-order valence-corrected chi connectivity index (χ0v) is 14.6. The van der Waals surface area contributed by atoms with Crippen molar-refractivity contribution in [3.05, 3.63) is 16.1 Å². The second-order valence-electron chi connectivity index (χ2n) is 6.76. The zero-order chi connectivity index (χ0) is 16.3. The Morgan fingerprint density at radius 3 is 2.77 bits per heavy atom. The van der Waals surface area contributed by atoms with Crippen molar-refractivity contribution >= 4 is 23.2 Å². The maximum atomic E-state index is 12.6. The summed E-state index contributed by atoms with van der Waals surface area (Å²) in [6, 6.07) is 0. The minimum absolute atomic E-state index is 0.00185. The van der Waals surface area contributed by atoms with Crippen molar-refractivity contribution in [2.45, 2.75) is 46.0 Å². The van der Waals surface area contributed by atoms with E-state index < -0.39 is 0 Å². The zero-order valence-electron chi connectivity index (χ0n) is 13.8. The van der Waals surface area contributed by atoms with Crippen LogP contribution in [-0.2, 0) is 10.2 Å². The number of rotatable bonds is 3. The van der Waals surface area contributed by atoms with E-state index in [2.05, 4.69) is 31.1 Å². The largest absolute Gasteiger partial charge is 0.356 e. The molecule has 5 nitrogen and oxygen atoms in total. The molecule has 1 aromatic heterocycles. The summed E-state index contributed by atoms with van der Waals surface area (Å²) in [7, 11) is 0. The van der Waals surface area contributed by atoms with Crippen LogP contribution in [-0.4, -0.2) is 41.3 Å². The molecule has 1 saturated heterocycles. The lowest BCUT2D eigenvalue weighted by molar-refractivity contribution is -0.126. The fourth-order valence-corrected chi connectivity index (χ4v) is 3.51. The molecule has 0 saturated carbocycles. The molecule has 0 aliphatic carbocycles. The van der Waals surface area contributed by atoms with E-state index in [1.54, 1.807) is 11.1 Å². The van der Waals surface area contributed by atoms with Crippen LogP contribution in [0.5, 0.6) is 0 Å². The number of likely N-dealkylation sites (tertiary alicyclic amines) is 1. The molecule has 6 heteroatoms. The molecule has 1 aliphatic heterocycles. The number of amides is 2. The molecular weight excluding hydrogens is 298 g/mol. The first-order valence-corrected chi connectivity index (χ1v) is 8.68. The van der Waals surface area contributed by atoms with Gasteiger partial charge in [-0.15, -0.1) is 11.3 Å². The van der Waals surface area contributed by atoms with Gasteiger partial charge < -0.3 is 10.2 Å². The second-order valence-corrected chi connectivity index (χ2v) is 7.80. The molecule has 0 aromatic carbocycles. The van der Waals surface area contributed by atoms with Crippen LogP contribution in [0.1, 0.15) is 55.2 Å². The summed E-state index contributed by atoms with van der Waals surface area (Å²) in [4.78, 5) is 31.5. The number of nitrogens with one attached hydrogen (secondary N) is 1. The number of nitrogens with zero attached hydrogens (tertiary/aromatic N) is 2. The van der Waals surface area contributed by atoms with Crippen LogP contribution in [0.15, 0.2) is 6.20 Å². The lowest BCUT2D eigenvalue weighted by Crippen LogP contribution is -2.45. The van der Waals surface area contributed by atoms with E-state index >= 15 is 0 Å². The quantitative estimate of drug-likeness (QED) is 0.929. The van der Waals surface area contributed by atoms with Gasteiger partial charge in [0.15, 0.2) is 0 Å². The highest BCUT2D eigenvalue weighted by Crippen LogP contribution is 2.28. The number of hydrogen-bond acceptors (Lipinski definition) is 4. The highest BCUT2D eigenvalue weighted by atomic mass is 32.1. The molecule has 122 valence electrons. The van der Waals surface area contributed by atoms with Gasteiger partial charge in [-0.1, -0.05) is 20.8 Å². The summed E-state index contributed by atoms with van der Waals surface area (Å²) >= 11 is 1.46. The van der Waals surface area contributed by atoms with Gasteiger partial charge >= 0.3 is 0 Å². The van der Waals surface area contributed by atoms with E-state index in [1.807, 2.05) is 6.92 Å². The fraction of sp³-hybridized carbons (Fsp3) is 0.688. The van der Waals surface area contributed by atoms with Crippen molar-refractivity contribution < 1.29 is 9.59 Å². The molecule has 2 rings (SSSR count). The van der Waals surface area contributed by atoms with Crippen molar-refractivity contribution in [1.29, 1.82) is 0 Å². The topological polar surface area (TPSA) is 62.3 Å². The lowest BCUT2D eigenvalue weighted by Gasteiger charge is -2.31. The average Bonchev–Trinajstić information content (AvgIpc) is 2.97. The molecule has 1 aromatic rings. The van der Waals surface area contributed by atoms with Crippen LogP contribution in [0, 0.1) is 5.92 Å². The lowest BCUT2D eigenvalue weighted by atomic mass is 9.97. The third-order valence-corrected chi connectivity index (χ3v) is 5.20. The van der Waals surface area contributed by atoms with Gasteiger partial charge in [-0.2, -0.15) is 0 Å². The Labute approximate surface area is 136 Å². The van der Waals surface area contributed by atoms with Gasteiger partial charge in [0.05, 0.1) is 17.1 Å². The van der Waals surface area contributed by atoms with Crippen molar-refractivity contribution in [2.24, 2.45) is 5.92 Å². The molecule has 0 unspecified atom stereocenters. The number of carbonyl (C=O) groups is 2. The summed E-state index contributed by atoms with van der Waals surface area (Å²) < 4.78 is 0. The van der Waals surface area contributed by atoms with Gasteiger partial charge in [0, 0.05) is 25.0 Å². The summed E-state index contributed by atoms with van der Waals surface area (Å²) in [6.07, 6.45) is 3.40. The Balaban J connectivity index is 2.06. The van der Waals surface area contributed by atoms with Gasteiger partial charge in [0.25, 0.3) is 5.91 Å². The van der Waals surface area contributed by atoms with Crippen LogP contribution < -0.4 is 5.32 Å². The van der Waals surface area contributed by atoms with E-state index in [9.17, 15) is 9.59 Å². The van der Waals surface area contributed by atoms with Gasteiger partial charge in [0.2, 0.25) is 5.91 Å². The molecule has 22 heavy (non-hydrogen) atoms. The molecule has 0 radical (unpaired) electrons. The minimum Gasteiger partial charge on any atom is -0.356 e. The van der Waals surface area contributed by atoms with Crippen molar-refractivity contribution in [2.75, 3.05) is 19.6 Å². The smallest absolute Gasteiger partial charge is 0.265 e. The van der Waals surface area contributed by atoms with E-state index in [4.69, 9.17) is 0 Å². The molecule has 0 spiro atoms. The molecule has 1 N–H and O–H groups in total. The number of carbonyl (C=O) groups excluding carboxylic acids is 2. The molecule has 1 atom stereocenters. The second kappa shape index (κ2) is 6.77. The first-order valence-electron chi connectivity index (χ1n) is 7.86. The fourth-order valence-electron chi connectivity index (χ4n) is 2.57. The number of piperidine rings is 1. The molecule has 0 bridgehead atoms. The summed E-state index contributed by atoms with van der Waals surface area (Å²) in [6.45, 7) is 10.0. The van der Waals surface area contributed by atoms with Gasteiger partial charge in [-0.05, 0) is 19.8 Å². The van der Waals surface area contributed by atoms with Crippen LogP contribution in [0.4, 0.5) is 0 Å². The van der Waals surface area contributed by atoms with Crippen LogP contribution in [0.2, 0.25) is 0 Å². The van der Waals surface area contributed by atoms with Crippen molar-refractivity contribution in [3.63, 3.8) is 0 Å². The van der Waals surface area contributed by atoms with Crippen molar-refractivity contribution in [1.82, 2.24) is 15.2 Å². The summed E-state index contributed by atoms with van der Waals surface area (Å²) in [5, 5.41) is 3.82. The third-order valence-electron chi connectivity index (χ3n) is 3.79. The Morgan fingerprint density at radius 2 is 2.18 bits per heavy atom. The first kappa shape index (κ1) is 16.9. The third kappa shape index (κ3) is 3.85. The van der Waals surface area contributed by atoms with Gasteiger partial charge in [-0.25, -0.2) is 4.98 Å². The minimum atomic E-state index is -0.0901. The predicted molar refractivity (Wildman–Crippen MR) is 88.1 cm³/mol. The van der Waals surface area contributed by atoms with Crippen LogP contribution in [0.25, 0.3) is 0 Å². The van der Waals surface area contributed by atoms with Crippen molar-refractivity contribution in [3.8, 4) is 0 Å². The SMILES string of the molecule is CCNC(=O)[C@@H]1CCCN(C(=O)c2cnc(C(C)(C)C)s2)C1. The van der Waals surface area contributed by atoms with Crippen LogP contribution in [0.3, 0.4) is 0 Å². The predicted octanol–water partition coefficient (Wildman–Crippen LogP) is 2.43. The highest BCUT2D eigenvalue weighted by Gasteiger charge is 2.30. The Kier molecular flexibility index (Phi) is 5.21. The summed E-state index contributed by atoms with van der Waals surface area (Å²) in [5.74, 6) is -0.0330. The maximum Gasteiger partial charge on any atom is 0.265 e. The monoisotopic (exact) mass is 323 g/mol. The molecular formula is C16H25N3O2S. The first-order chi connectivity index (χ1) is 10.3. The Morgan fingerprint density at radius 1 is 1.45 bits per heavy atom. The molecule has 1 fully saturated rings. The molecule has 1 aliphatic rings. The standard InChI is InChI=1S/C16H25N3O2S/c1-5-17-13(20)11-7-6-8-19(10-11)14(21)12-9-18-15(22-12)16(2,3)4/h9,11H,5-8,10H2,1-4H3,(H,17,20)/t11-/m1/s1. The van der Waals surface area contributed by atoms with E-state index in [-0.39, 0.29) is 23.1 Å². The van der Waals surface area contributed by atoms with E-state index in [1.165, 1.54) is 11.3 Å². The number of hydrogen-bond donors (Lipinski definition) is 1. The molecule has 2 amide bonds. The highest BCUT2D eigenvalue weighted by molar-refractivity contribution is 7.13. The number of thiazole rings is 1. The molecule has 2 heterocycles. The Hall–Kier alpha value is -1.43. The average molecular weight is 323 g/mol. The Bertz CT molecular complexity index is 548. The normalized spacial score (nSPS) is 19.1.